The van der Waals surface area contributed by atoms with Crippen molar-refractivity contribution in [2.75, 3.05) is 26.3 Å². The number of amides is 1. The molecular formula is C12H17ClN2O2S. The second kappa shape index (κ2) is 6.02. The van der Waals surface area contributed by atoms with Crippen molar-refractivity contribution in [2.24, 2.45) is 0 Å². The van der Waals surface area contributed by atoms with Crippen LogP contribution in [-0.2, 0) is 22.5 Å². The zero-order valence-corrected chi connectivity index (χ0v) is 11.7. The second-order valence-corrected chi connectivity index (χ2v) is 5.46. The molecule has 1 atom stereocenters. The molecule has 0 aromatic carbocycles. The Labute approximate surface area is 117 Å². The van der Waals surface area contributed by atoms with Gasteiger partial charge in [-0.2, -0.15) is 0 Å². The van der Waals surface area contributed by atoms with Gasteiger partial charge in [-0.15, -0.1) is 23.7 Å². The molecule has 1 saturated heterocycles. The summed E-state index contributed by atoms with van der Waals surface area (Å²) in [5.41, 5.74) is 1.31. The first-order chi connectivity index (χ1) is 8.34. The normalized spacial score (nSPS) is 23.1. The maximum absolute atomic E-state index is 12.3. The van der Waals surface area contributed by atoms with Crippen molar-refractivity contribution in [1.29, 1.82) is 0 Å². The number of hydrogen-bond acceptors (Lipinski definition) is 4. The van der Waals surface area contributed by atoms with Gasteiger partial charge in [0.25, 0.3) is 0 Å². The number of nitrogens with zero attached hydrogens (tertiary/aromatic N) is 1. The fourth-order valence-corrected chi connectivity index (χ4v) is 3.27. The minimum Gasteiger partial charge on any atom is -0.378 e. The molecule has 18 heavy (non-hydrogen) atoms. The maximum atomic E-state index is 12.3. The van der Waals surface area contributed by atoms with Crippen LogP contribution in [0.4, 0.5) is 0 Å². The second-order valence-electron chi connectivity index (χ2n) is 4.46. The van der Waals surface area contributed by atoms with Gasteiger partial charge in [0.1, 0.15) is 6.04 Å². The van der Waals surface area contributed by atoms with E-state index in [2.05, 4.69) is 16.8 Å². The smallest absolute Gasteiger partial charge is 0.242 e. The van der Waals surface area contributed by atoms with Crippen molar-refractivity contribution >= 4 is 29.7 Å². The average molecular weight is 289 g/mol. The Kier molecular flexibility index (Phi) is 4.61. The molecule has 2 aliphatic rings. The van der Waals surface area contributed by atoms with Gasteiger partial charge in [-0.25, -0.2) is 0 Å². The number of morpholine rings is 1. The van der Waals surface area contributed by atoms with E-state index in [-0.39, 0.29) is 24.4 Å². The Morgan fingerprint density at radius 2 is 2.44 bits per heavy atom. The van der Waals surface area contributed by atoms with E-state index >= 15 is 0 Å². The van der Waals surface area contributed by atoms with Crippen molar-refractivity contribution < 1.29 is 9.53 Å². The largest absolute Gasteiger partial charge is 0.378 e. The third kappa shape index (κ3) is 2.69. The van der Waals surface area contributed by atoms with Gasteiger partial charge in [0.15, 0.2) is 0 Å². The minimum absolute atomic E-state index is 0. The van der Waals surface area contributed by atoms with E-state index in [4.69, 9.17) is 4.74 Å². The molecule has 6 heteroatoms. The zero-order chi connectivity index (χ0) is 11.7. The summed E-state index contributed by atoms with van der Waals surface area (Å²) in [5, 5.41) is 5.33. The van der Waals surface area contributed by atoms with Crippen molar-refractivity contribution in [3.05, 3.63) is 21.9 Å². The third-order valence-corrected chi connectivity index (χ3v) is 4.36. The fraction of sp³-hybridized carbons (Fsp3) is 0.583. The summed E-state index contributed by atoms with van der Waals surface area (Å²) in [5.74, 6) is 0.182. The number of rotatable bonds is 1. The SMILES string of the molecule is Cl.O=C(C1COCCN1)N1CCc2sccc2C1. The van der Waals surface area contributed by atoms with E-state index in [1.165, 1.54) is 10.4 Å². The summed E-state index contributed by atoms with van der Waals surface area (Å²) in [6, 6.07) is 1.98. The summed E-state index contributed by atoms with van der Waals surface area (Å²) in [4.78, 5) is 15.6. The molecule has 0 spiro atoms. The molecule has 4 nitrogen and oxygen atoms in total. The number of ether oxygens (including phenoxy) is 1. The summed E-state index contributed by atoms with van der Waals surface area (Å²) < 4.78 is 5.34. The van der Waals surface area contributed by atoms with E-state index in [0.717, 1.165) is 26.1 Å². The lowest BCUT2D eigenvalue weighted by Gasteiger charge is -2.32. The Morgan fingerprint density at radius 1 is 1.56 bits per heavy atom. The van der Waals surface area contributed by atoms with E-state index in [9.17, 15) is 4.79 Å². The summed E-state index contributed by atoms with van der Waals surface area (Å²) in [6.07, 6.45) is 0.992. The lowest BCUT2D eigenvalue weighted by molar-refractivity contribution is -0.137. The van der Waals surface area contributed by atoms with Crippen molar-refractivity contribution in [1.82, 2.24) is 10.2 Å². The van der Waals surface area contributed by atoms with Gasteiger partial charge in [-0.05, 0) is 23.4 Å². The van der Waals surface area contributed by atoms with Gasteiger partial charge in [-0.3, -0.25) is 4.79 Å². The standard InChI is InChI=1S/C12H16N2O2S.ClH/c15-12(10-8-16-5-3-13-10)14-4-1-11-9(7-14)2-6-17-11;/h2,6,10,13H,1,3-5,7-8H2;1H. The average Bonchev–Trinajstić information content (AvgIpc) is 2.86. The van der Waals surface area contributed by atoms with Crippen LogP contribution in [0.15, 0.2) is 11.4 Å². The van der Waals surface area contributed by atoms with Gasteiger partial charge in [-0.1, -0.05) is 0 Å². The first-order valence-electron chi connectivity index (χ1n) is 6.00. The molecule has 0 bridgehead atoms. The van der Waals surface area contributed by atoms with Crippen LogP contribution in [0.5, 0.6) is 0 Å². The highest BCUT2D eigenvalue weighted by Crippen LogP contribution is 2.24. The Morgan fingerprint density at radius 3 is 3.22 bits per heavy atom. The van der Waals surface area contributed by atoms with Crippen LogP contribution >= 0.6 is 23.7 Å². The van der Waals surface area contributed by atoms with E-state index < -0.39 is 0 Å². The van der Waals surface area contributed by atoms with Crippen LogP contribution in [0.2, 0.25) is 0 Å². The van der Waals surface area contributed by atoms with Gasteiger partial charge in [0, 0.05) is 24.5 Å². The number of fused-ring (bicyclic) bond motifs is 1. The van der Waals surface area contributed by atoms with Crippen molar-refractivity contribution in [3.63, 3.8) is 0 Å². The lowest BCUT2D eigenvalue weighted by atomic mass is 10.1. The van der Waals surface area contributed by atoms with Crippen molar-refractivity contribution in [3.8, 4) is 0 Å². The van der Waals surface area contributed by atoms with E-state index in [1.54, 1.807) is 11.3 Å². The predicted octanol–water partition coefficient (Wildman–Crippen LogP) is 1.04. The Hall–Kier alpha value is -0.620. The van der Waals surface area contributed by atoms with Gasteiger partial charge in [0.05, 0.1) is 13.2 Å². The van der Waals surface area contributed by atoms with Crippen LogP contribution in [0, 0.1) is 0 Å². The van der Waals surface area contributed by atoms with E-state index in [1.807, 2.05) is 4.90 Å². The van der Waals surface area contributed by atoms with Crippen LogP contribution in [0.1, 0.15) is 10.4 Å². The first-order valence-corrected chi connectivity index (χ1v) is 6.88. The zero-order valence-electron chi connectivity index (χ0n) is 10.1. The summed E-state index contributed by atoms with van der Waals surface area (Å²) >= 11 is 1.80. The molecule has 100 valence electrons. The number of hydrogen-bond donors (Lipinski definition) is 1. The monoisotopic (exact) mass is 288 g/mol. The molecule has 3 rings (SSSR count). The quantitative estimate of drug-likeness (QED) is 0.840. The molecule has 0 saturated carbocycles. The fourth-order valence-electron chi connectivity index (χ4n) is 2.38. The Balaban J connectivity index is 0.00000120. The topological polar surface area (TPSA) is 41.6 Å². The van der Waals surface area contributed by atoms with Gasteiger partial charge < -0.3 is 15.0 Å². The van der Waals surface area contributed by atoms with Crippen LogP contribution in [0.25, 0.3) is 0 Å². The number of thiophene rings is 1. The number of nitrogens with one attached hydrogen (secondary N) is 1. The van der Waals surface area contributed by atoms with Crippen LogP contribution in [0.3, 0.4) is 0 Å². The molecule has 1 unspecified atom stereocenters. The molecule has 1 N–H and O–H groups in total. The van der Waals surface area contributed by atoms with Crippen molar-refractivity contribution in [2.45, 2.75) is 19.0 Å². The molecule has 1 aromatic heterocycles. The number of halogens is 1. The number of carbonyl (C=O) groups excluding carboxylic acids is 1. The highest BCUT2D eigenvalue weighted by molar-refractivity contribution is 7.10. The van der Waals surface area contributed by atoms with Gasteiger partial charge >= 0.3 is 0 Å². The van der Waals surface area contributed by atoms with Crippen LogP contribution < -0.4 is 5.32 Å². The third-order valence-electron chi connectivity index (χ3n) is 3.34. The lowest BCUT2D eigenvalue weighted by Crippen LogP contribution is -2.53. The minimum atomic E-state index is -0.149. The number of carbonyl (C=O) groups is 1. The van der Waals surface area contributed by atoms with E-state index in [0.29, 0.717) is 13.2 Å². The molecular weight excluding hydrogens is 272 g/mol. The summed E-state index contributed by atoms with van der Waals surface area (Å²) in [7, 11) is 0. The maximum Gasteiger partial charge on any atom is 0.242 e. The summed E-state index contributed by atoms with van der Waals surface area (Å²) in [6.45, 7) is 3.58. The van der Waals surface area contributed by atoms with Gasteiger partial charge in [0.2, 0.25) is 5.91 Å². The molecule has 2 aliphatic heterocycles. The predicted molar refractivity (Wildman–Crippen MR) is 73.3 cm³/mol. The Bertz CT molecular complexity index is 418. The molecule has 0 radical (unpaired) electrons. The first kappa shape index (κ1) is 13.8. The molecule has 1 fully saturated rings. The molecule has 1 aromatic rings. The molecule has 1 amide bonds. The highest BCUT2D eigenvalue weighted by atomic mass is 35.5. The highest BCUT2D eigenvalue weighted by Gasteiger charge is 2.28. The molecule has 3 heterocycles. The van der Waals surface area contributed by atoms with Crippen LogP contribution in [-0.4, -0.2) is 43.2 Å². The molecule has 0 aliphatic carbocycles.